The third kappa shape index (κ3) is 3.93. The average Bonchev–Trinajstić information content (AvgIpc) is 3.64. The summed E-state index contributed by atoms with van der Waals surface area (Å²) in [7, 11) is 0. The SMILES string of the molecule is Fc1cc(-c2nc3c4c(nc(OC[C@@]56CCCN5C[C@H](F)C6)nc4c2F)N2C[C@H]4CC[C@H](N4)[C@H]2CO3)c2ccccc2c1. The Hall–Kier alpha value is -3.70. The van der Waals surface area contributed by atoms with Crippen molar-refractivity contribution in [1.29, 1.82) is 0 Å². The number of hydrogen-bond donors (Lipinski definition) is 1. The number of anilines is 1. The van der Waals surface area contributed by atoms with Gasteiger partial charge in [-0.1, -0.05) is 24.3 Å². The van der Waals surface area contributed by atoms with E-state index in [-0.39, 0.29) is 41.8 Å². The van der Waals surface area contributed by atoms with E-state index in [1.54, 1.807) is 6.07 Å². The number of piperazine rings is 1. The van der Waals surface area contributed by atoms with Crippen molar-refractivity contribution < 1.29 is 22.6 Å². The zero-order valence-corrected chi connectivity index (χ0v) is 23.5. The van der Waals surface area contributed by atoms with Gasteiger partial charge in [-0.3, -0.25) is 4.90 Å². The number of aromatic nitrogens is 3. The first kappa shape index (κ1) is 25.8. The maximum absolute atomic E-state index is 16.8. The van der Waals surface area contributed by atoms with Gasteiger partial charge in [-0.2, -0.15) is 9.97 Å². The molecular weight excluding hydrogens is 557 g/mol. The number of halogens is 3. The van der Waals surface area contributed by atoms with E-state index in [0.29, 0.717) is 59.7 Å². The summed E-state index contributed by atoms with van der Waals surface area (Å²) in [5.41, 5.74) is -0.0971. The van der Waals surface area contributed by atoms with Crippen molar-refractivity contribution in [3.05, 3.63) is 48.0 Å². The Labute approximate surface area is 246 Å². The molecule has 7 heterocycles. The van der Waals surface area contributed by atoms with Crippen molar-refractivity contribution in [2.45, 2.75) is 61.9 Å². The molecule has 0 radical (unpaired) electrons. The molecule has 9 rings (SSSR count). The second-order valence-corrected chi connectivity index (χ2v) is 12.7. The molecule has 0 unspecified atom stereocenters. The predicted molar refractivity (Wildman–Crippen MR) is 155 cm³/mol. The fourth-order valence-electron chi connectivity index (χ4n) is 8.28. The van der Waals surface area contributed by atoms with Gasteiger partial charge in [0, 0.05) is 37.2 Å². The van der Waals surface area contributed by atoms with Crippen molar-refractivity contribution in [2.24, 2.45) is 0 Å². The minimum Gasteiger partial charge on any atom is -0.475 e. The molecule has 2 bridgehead atoms. The topological polar surface area (TPSA) is 75.6 Å². The van der Waals surface area contributed by atoms with Crippen LogP contribution >= 0.6 is 0 Å². The molecule has 2 aromatic carbocycles. The second kappa shape index (κ2) is 9.40. The minimum absolute atomic E-state index is 0.0236. The molecule has 0 saturated carbocycles. The minimum atomic E-state index is -0.893. The number of benzene rings is 2. The van der Waals surface area contributed by atoms with Crippen LogP contribution in [0.25, 0.3) is 32.9 Å². The van der Waals surface area contributed by atoms with Crippen LogP contribution in [0.1, 0.15) is 32.1 Å². The summed E-state index contributed by atoms with van der Waals surface area (Å²) >= 11 is 0. The van der Waals surface area contributed by atoms with Crippen LogP contribution in [0.2, 0.25) is 0 Å². The summed E-state index contributed by atoms with van der Waals surface area (Å²) in [6.07, 6.45) is 3.39. The fourth-order valence-corrected chi connectivity index (χ4v) is 8.28. The number of nitrogens with one attached hydrogen (secondary N) is 1. The van der Waals surface area contributed by atoms with Gasteiger partial charge in [0.15, 0.2) is 5.82 Å². The van der Waals surface area contributed by atoms with Crippen LogP contribution in [0.15, 0.2) is 36.4 Å². The summed E-state index contributed by atoms with van der Waals surface area (Å²) in [5, 5.41) is 5.38. The summed E-state index contributed by atoms with van der Waals surface area (Å²) in [5.74, 6) is -0.415. The van der Waals surface area contributed by atoms with Gasteiger partial charge < -0.3 is 19.7 Å². The molecular formula is C32H31F3N6O2. The van der Waals surface area contributed by atoms with Gasteiger partial charge in [-0.05, 0) is 55.1 Å². The maximum Gasteiger partial charge on any atom is 0.319 e. The molecule has 4 fully saturated rings. The first-order valence-corrected chi connectivity index (χ1v) is 15.2. The smallest absolute Gasteiger partial charge is 0.319 e. The van der Waals surface area contributed by atoms with Crippen molar-refractivity contribution in [1.82, 2.24) is 25.2 Å². The Morgan fingerprint density at radius 1 is 1.09 bits per heavy atom. The summed E-state index contributed by atoms with van der Waals surface area (Å²) in [6, 6.07) is 10.5. The normalized spacial score (nSPS) is 29.5. The molecule has 4 saturated heterocycles. The quantitative estimate of drug-likeness (QED) is 0.365. The highest BCUT2D eigenvalue weighted by atomic mass is 19.1. The fraction of sp³-hybridized carbons (Fsp3) is 0.469. The molecule has 0 amide bonds. The van der Waals surface area contributed by atoms with Gasteiger partial charge >= 0.3 is 6.01 Å². The van der Waals surface area contributed by atoms with Crippen LogP contribution in [-0.4, -0.2) is 82.5 Å². The molecule has 5 aliphatic rings. The lowest BCUT2D eigenvalue weighted by Crippen LogP contribution is -2.60. The van der Waals surface area contributed by atoms with E-state index in [1.807, 2.05) is 18.2 Å². The number of fused-ring (bicyclic) bond motifs is 7. The second-order valence-electron chi connectivity index (χ2n) is 12.7. The Balaban J connectivity index is 1.22. The van der Waals surface area contributed by atoms with Crippen molar-refractivity contribution in [2.75, 3.05) is 37.7 Å². The van der Waals surface area contributed by atoms with Gasteiger partial charge in [0.05, 0.1) is 11.6 Å². The van der Waals surface area contributed by atoms with Gasteiger partial charge in [0.2, 0.25) is 5.88 Å². The third-order valence-electron chi connectivity index (χ3n) is 10.2. The van der Waals surface area contributed by atoms with Gasteiger partial charge in [0.25, 0.3) is 0 Å². The molecule has 222 valence electrons. The lowest BCUT2D eigenvalue weighted by Gasteiger charge is -2.40. The Bertz CT molecular complexity index is 1790. The van der Waals surface area contributed by atoms with E-state index in [1.165, 1.54) is 12.1 Å². The highest BCUT2D eigenvalue weighted by Gasteiger charge is 2.50. The van der Waals surface area contributed by atoms with E-state index < -0.39 is 23.3 Å². The maximum atomic E-state index is 16.8. The van der Waals surface area contributed by atoms with Crippen molar-refractivity contribution in [3.8, 4) is 23.1 Å². The van der Waals surface area contributed by atoms with Crippen LogP contribution in [0.3, 0.4) is 0 Å². The van der Waals surface area contributed by atoms with Crippen molar-refractivity contribution in [3.63, 3.8) is 0 Å². The van der Waals surface area contributed by atoms with Crippen molar-refractivity contribution >= 4 is 27.5 Å². The molecule has 1 N–H and O–H groups in total. The molecule has 4 aromatic rings. The molecule has 5 aliphatic heterocycles. The number of ether oxygens (including phenoxy) is 2. The van der Waals surface area contributed by atoms with E-state index in [0.717, 1.165) is 32.2 Å². The zero-order valence-electron chi connectivity index (χ0n) is 23.5. The average molecular weight is 589 g/mol. The monoisotopic (exact) mass is 588 g/mol. The van der Waals surface area contributed by atoms with E-state index >= 15 is 4.39 Å². The highest BCUT2D eigenvalue weighted by Crippen LogP contribution is 2.45. The van der Waals surface area contributed by atoms with Crippen LogP contribution in [0.4, 0.5) is 19.0 Å². The number of rotatable bonds is 4. The molecule has 0 spiro atoms. The number of alkyl halides is 1. The Morgan fingerprint density at radius 2 is 2.00 bits per heavy atom. The van der Waals surface area contributed by atoms with E-state index in [2.05, 4.69) is 25.1 Å². The zero-order chi connectivity index (χ0) is 28.9. The molecule has 11 heteroatoms. The molecule has 2 aromatic heterocycles. The summed E-state index contributed by atoms with van der Waals surface area (Å²) in [4.78, 5) is 18.5. The van der Waals surface area contributed by atoms with Gasteiger partial charge in [-0.25, -0.2) is 18.2 Å². The number of nitrogens with zero attached hydrogens (tertiary/aromatic N) is 5. The first-order chi connectivity index (χ1) is 21.0. The standard InChI is InChI=1S/C32H31F3N6O2/c33-18-10-17-4-1-2-5-21(17)22(11-18)27-26(35)28-25-29(41-14-20-6-7-23(36-20)24(41)15-42-30(25)37-27)39-31(38-28)43-16-32-8-3-9-40(32)13-19(34)12-32/h1-2,4-5,10-11,19-20,23-24,36H,3,6-9,12-16H2/t19-,20-,23+,24-,32+/m1/s1. The lowest BCUT2D eigenvalue weighted by atomic mass is 9.95. The highest BCUT2D eigenvalue weighted by molar-refractivity contribution is 6.01. The predicted octanol–water partition coefficient (Wildman–Crippen LogP) is 4.78. The number of hydrogen-bond acceptors (Lipinski definition) is 8. The number of pyridine rings is 1. The van der Waals surface area contributed by atoms with Crippen LogP contribution in [-0.2, 0) is 0 Å². The molecule has 0 aliphatic carbocycles. The van der Waals surface area contributed by atoms with Gasteiger partial charge in [-0.15, -0.1) is 0 Å². The summed E-state index contributed by atoms with van der Waals surface area (Å²) < 4.78 is 58.6. The molecule has 43 heavy (non-hydrogen) atoms. The van der Waals surface area contributed by atoms with Crippen LogP contribution in [0, 0.1) is 11.6 Å². The first-order valence-electron chi connectivity index (χ1n) is 15.2. The van der Waals surface area contributed by atoms with Gasteiger partial charge in [0.1, 0.15) is 47.6 Å². The third-order valence-corrected chi connectivity index (χ3v) is 10.2. The van der Waals surface area contributed by atoms with Crippen LogP contribution in [0.5, 0.6) is 11.9 Å². The molecule has 8 nitrogen and oxygen atoms in total. The van der Waals surface area contributed by atoms with Crippen LogP contribution < -0.4 is 19.7 Å². The lowest BCUT2D eigenvalue weighted by molar-refractivity contribution is 0.107. The summed E-state index contributed by atoms with van der Waals surface area (Å²) in [6.45, 7) is 2.50. The Kier molecular flexibility index (Phi) is 5.63. The van der Waals surface area contributed by atoms with E-state index in [9.17, 15) is 8.78 Å². The largest absolute Gasteiger partial charge is 0.475 e. The Morgan fingerprint density at radius 3 is 2.93 bits per heavy atom. The molecule has 5 atom stereocenters. The van der Waals surface area contributed by atoms with E-state index in [4.69, 9.17) is 14.5 Å².